The Kier molecular flexibility index (Phi) is 3.82. The Bertz CT molecular complexity index is 329. The van der Waals surface area contributed by atoms with Crippen LogP contribution in [0.2, 0.25) is 0 Å². The highest BCUT2D eigenvalue weighted by Crippen LogP contribution is 2.25. The first-order valence-electron chi connectivity index (χ1n) is 6.29. The van der Waals surface area contributed by atoms with Crippen molar-refractivity contribution in [1.29, 1.82) is 0 Å². The van der Waals surface area contributed by atoms with Crippen molar-refractivity contribution in [1.82, 2.24) is 9.97 Å². The van der Waals surface area contributed by atoms with Crippen LogP contribution in [0.5, 0.6) is 0 Å². The van der Waals surface area contributed by atoms with Gasteiger partial charge < -0.3 is 4.98 Å². The van der Waals surface area contributed by atoms with Gasteiger partial charge in [-0.15, -0.1) is 0 Å². The molecule has 0 aliphatic rings. The van der Waals surface area contributed by atoms with Gasteiger partial charge in [0.05, 0.1) is 0 Å². The number of aryl methyl sites for hydroxylation is 1. The van der Waals surface area contributed by atoms with Crippen molar-refractivity contribution in [3.8, 4) is 0 Å². The number of rotatable bonds is 4. The molecule has 0 aliphatic carbocycles. The normalized spacial score (nSPS) is 13.1. The third-order valence-corrected chi connectivity index (χ3v) is 3.30. The highest BCUT2D eigenvalue weighted by Gasteiger charge is 2.21. The van der Waals surface area contributed by atoms with Crippen LogP contribution in [-0.2, 0) is 11.8 Å². The molecule has 1 N–H and O–H groups in total. The monoisotopic (exact) mass is 222 g/mol. The molecule has 1 heterocycles. The summed E-state index contributed by atoms with van der Waals surface area (Å²) in [6.45, 7) is 13.5. The van der Waals surface area contributed by atoms with E-state index in [2.05, 4.69) is 51.5 Å². The van der Waals surface area contributed by atoms with Gasteiger partial charge in [0.15, 0.2) is 0 Å². The summed E-state index contributed by atoms with van der Waals surface area (Å²) in [6.07, 6.45) is 5.40. The Balaban J connectivity index is 2.66. The molecule has 1 aromatic heterocycles. The highest BCUT2D eigenvalue weighted by molar-refractivity contribution is 5.09. The summed E-state index contributed by atoms with van der Waals surface area (Å²) in [5.74, 6) is 1.12. The molecular weight excluding hydrogens is 196 g/mol. The highest BCUT2D eigenvalue weighted by atomic mass is 14.9. The third-order valence-electron chi connectivity index (χ3n) is 3.30. The van der Waals surface area contributed by atoms with Crippen molar-refractivity contribution in [3.63, 3.8) is 0 Å². The van der Waals surface area contributed by atoms with Crippen LogP contribution in [0.25, 0.3) is 0 Å². The second kappa shape index (κ2) is 4.60. The first kappa shape index (κ1) is 13.3. The van der Waals surface area contributed by atoms with Gasteiger partial charge in [-0.3, -0.25) is 0 Å². The van der Waals surface area contributed by atoms with E-state index in [0.29, 0.717) is 5.41 Å². The standard InChI is InChI=1S/C14H26N2/c1-7-14(5,6)12-15-10-11(16-12)8-9-13(2,3)4/h10H,7-9H2,1-6H3,(H,15,16). The SMILES string of the molecule is CCC(C)(C)c1ncc(CCC(C)(C)C)[nH]1. The molecule has 0 amide bonds. The summed E-state index contributed by atoms with van der Waals surface area (Å²) in [5, 5.41) is 0. The lowest BCUT2D eigenvalue weighted by Gasteiger charge is -2.19. The molecule has 0 radical (unpaired) electrons. The molecule has 1 rings (SSSR count). The van der Waals surface area contributed by atoms with E-state index in [-0.39, 0.29) is 5.41 Å². The fraction of sp³-hybridized carbons (Fsp3) is 0.786. The molecule has 1 aromatic rings. The number of H-pyrrole nitrogens is 1. The molecule has 0 saturated heterocycles. The van der Waals surface area contributed by atoms with Gasteiger partial charge >= 0.3 is 0 Å². The average molecular weight is 222 g/mol. The predicted molar refractivity (Wildman–Crippen MR) is 69.7 cm³/mol. The van der Waals surface area contributed by atoms with Crippen molar-refractivity contribution in [2.75, 3.05) is 0 Å². The molecule has 0 fully saturated rings. The van der Waals surface area contributed by atoms with E-state index >= 15 is 0 Å². The van der Waals surface area contributed by atoms with Crippen LogP contribution in [0.4, 0.5) is 0 Å². The van der Waals surface area contributed by atoms with Crippen LogP contribution in [0.15, 0.2) is 6.20 Å². The van der Waals surface area contributed by atoms with Gasteiger partial charge in [-0.25, -0.2) is 4.98 Å². The largest absolute Gasteiger partial charge is 0.345 e. The maximum absolute atomic E-state index is 4.50. The summed E-state index contributed by atoms with van der Waals surface area (Å²) < 4.78 is 0. The summed E-state index contributed by atoms with van der Waals surface area (Å²) >= 11 is 0. The minimum atomic E-state index is 0.167. The Morgan fingerprint density at radius 2 is 1.81 bits per heavy atom. The lowest BCUT2D eigenvalue weighted by atomic mass is 9.89. The van der Waals surface area contributed by atoms with E-state index in [0.717, 1.165) is 18.7 Å². The van der Waals surface area contributed by atoms with Crippen LogP contribution >= 0.6 is 0 Å². The van der Waals surface area contributed by atoms with Gasteiger partial charge in [0.25, 0.3) is 0 Å². The zero-order valence-corrected chi connectivity index (χ0v) is 11.6. The van der Waals surface area contributed by atoms with Crippen molar-refractivity contribution in [2.45, 2.75) is 66.2 Å². The van der Waals surface area contributed by atoms with Gasteiger partial charge in [-0.2, -0.15) is 0 Å². The summed E-state index contributed by atoms with van der Waals surface area (Å²) in [4.78, 5) is 7.97. The minimum absolute atomic E-state index is 0.167. The quantitative estimate of drug-likeness (QED) is 0.817. The minimum Gasteiger partial charge on any atom is -0.345 e. The zero-order valence-electron chi connectivity index (χ0n) is 11.6. The van der Waals surface area contributed by atoms with Gasteiger partial charge in [0, 0.05) is 17.3 Å². The summed E-state index contributed by atoms with van der Waals surface area (Å²) in [6, 6.07) is 0. The fourth-order valence-corrected chi connectivity index (χ4v) is 1.51. The van der Waals surface area contributed by atoms with E-state index in [1.807, 2.05) is 6.20 Å². The molecule has 2 nitrogen and oxygen atoms in total. The predicted octanol–water partition coefficient (Wildman–Crippen LogP) is 4.08. The number of hydrogen-bond acceptors (Lipinski definition) is 1. The van der Waals surface area contributed by atoms with Crippen LogP contribution in [-0.4, -0.2) is 9.97 Å². The third kappa shape index (κ3) is 3.66. The number of aromatic amines is 1. The molecule has 0 unspecified atom stereocenters. The second-order valence-electron chi connectivity index (χ2n) is 6.56. The van der Waals surface area contributed by atoms with E-state index in [4.69, 9.17) is 0 Å². The van der Waals surface area contributed by atoms with Crippen LogP contribution in [0.1, 0.15) is 65.9 Å². The lowest BCUT2D eigenvalue weighted by molar-refractivity contribution is 0.376. The second-order valence-corrected chi connectivity index (χ2v) is 6.56. The van der Waals surface area contributed by atoms with E-state index in [1.165, 1.54) is 12.1 Å². The van der Waals surface area contributed by atoms with Gasteiger partial charge in [-0.1, -0.05) is 41.5 Å². The van der Waals surface area contributed by atoms with E-state index in [1.54, 1.807) is 0 Å². The lowest BCUT2D eigenvalue weighted by Crippen LogP contribution is -2.17. The fourth-order valence-electron chi connectivity index (χ4n) is 1.51. The molecule has 0 aliphatic heterocycles. The zero-order chi connectivity index (χ0) is 12.4. The Morgan fingerprint density at radius 3 is 2.31 bits per heavy atom. The average Bonchev–Trinajstić information content (AvgIpc) is 2.62. The smallest absolute Gasteiger partial charge is 0.111 e. The molecule has 0 saturated carbocycles. The van der Waals surface area contributed by atoms with Crippen LogP contribution in [0, 0.1) is 5.41 Å². The summed E-state index contributed by atoms with van der Waals surface area (Å²) in [5.41, 5.74) is 1.83. The maximum atomic E-state index is 4.50. The molecule has 0 bridgehead atoms. The Hall–Kier alpha value is -0.790. The molecule has 2 heteroatoms. The van der Waals surface area contributed by atoms with Crippen molar-refractivity contribution in [2.24, 2.45) is 5.41 Å². The van der Waals surface area contributed by atoms with Crippen LogP contribution < -0.4 is 0 Å². The van der Waals surface area contributed by atoms with Crippen molar-refractivity contribution in [3.05, 3.63) is 17.7 Å². The maximum Gasteiger partial charge on any atom is 0.111 e. The number of aromatic nitrogens is 2. The Labute approximate surface area is 99.9 Å². The van der Waals surface area contributed by atoms with E-state index < -0.39 is 0 Å². The molecule has 16 heavy (non-hydrogen) atoms. The first-order chi connectivity index (χ1) is 7.24. The number of nitrogens with one attached hydrogen (secondary N) is 1. The Morgan fingerprint density at radius 1 is 1.19 bits per heavy atom. The van der Waals surface area contributed by atoms with Gasteiger partial charge in [-0.05, 0) is 24.7 Å². The van der Waals surface area contributed by atoms with Crippen molar-refractivity contribution >= 4 is 0 Å². The number of nitrogens with zero attached hydrogens (tertiary/aromatic N) is 1. The number of hydrogen-bond donors (Lipinski definition) is 1. The van der Waals surface area contributed by atoms with Gasteiger partial charge in [0.2, 0.25) is 0 Å². The molecular formula is C14H26N2. The first-order valence-corrected chi connectivity index (χ1v) is 6.29. The molecule has 0 atom stereocenters. The summed E-state index contributed by atoms with van der Waals surface area (Å²) in [7, 11) is 0. The van der Waals surface area contributed by atoms with E-state index in [9.17, 15) is 0 Å². The van der Waals surface area contributed by atoms with Crippen LogP contribution in [0.3, 0.4) is 0 Å². The molecule has 0 spiro atoms. The molecule has 0 aromatic carbocycles. The number of imidazole rings is 1. The van der Waals surface area contributed by atoms with Gasteiger partial charge in [0.1, 0.15) is 5.82 Å². The van der Waals surface area contributed by atoms with Crippen molar-refractivity contribution < 1.29 is 0 Å². The topological polar surface area (TPSA) is 28.7 Å². The molecule has 92 valence electrons.